The van der Waals surface area contributed by atoms with Gasteiger partial charge in [0.05, 0.1) is 16.7 Å². The van der Waals surface area contributed by atoms with Crippen LogP contribution in [-0.4, -0.2) is 28.5 Å². The lowest BCUT2D eigenvalue weighted by Crippen LogP contribution is -2.41. The molecule has 2 aromatic rings. The van der Waals surface area contributed by atoms with Crippen LogP contribution in [0.3, 0.4) is 0 Å². The average molecular weight is 339 g/mol. The number of aromatic nitrogens is 2. The van der Waals surface area contributed by atoms with Crippen molar-refractivity contribution in [3.63, 3.8) is 0 Å². The Bertz CT molecular complexity index is 866. The number of nitrogens with one attached hydrogen (secondary N) is 1. The first-order valence-electron chi connectivity index (χ1n) is 8.56. The first-order chi connectivity index (χ1) is 11.4. The summed E-state index contributed by atoms with van der Waals surface area (Å²) in [6, 6.07) is 3.97. The zero-order valence-corrected chi connectivity index (χ0v) is 16.1. The molecule has 3 rings (SSSR count). The highest BCUT2D eigenvalue weighted by Crippen LogP contribution is 2.37. The third-order valence-corrected chi connectivity index (χ3v) is 4.82. The van der Waals surface area contributed by atoms with Crippen LogP contribution in [0.25, 0.3) is 10.9 Å². The van der Waals surface area contributed by atoms with Gasteiger partial charge in [-0.25, -0.2) is 0 Å². The first kappa shape index (κ1) is 17.8. The molecule has 132 valence electrons. The van der Waals surface area contributed by atoms with Crippen LogP contribution in [0.1, 0.15) is 54.0 Å². The third-order valence-electron chi connectivity index (χ3n) is 4.82. The van der Waals surface area contributed by atoms with Gasteiger partial charge in [0, 0.05) is 16.4 Å². The molecule has 1 aromatic carbocycles. The summed E-state index contributed by atoms with van der Waals surface area (Å²) in [5.74, 6) is 6.98. The van der Waals surface area contributed by atoms with Crippen molar-refractivity contribution >= 4 is 29.3 Å². The van der Waals surface area contributed by atoms with Crippen molar-refractivity contribution in [3.05, 3.63) is 17.7 Å². The molecule has 0 saturated carbocycles. The Morgan fingerprint density at radius 2 is 1.72 bits per heavy atom. The van der Waals surface area contributed by atoms with Crippen LogP contribution in [0, 0.1) is 17.3 Å². The summed E-state index contributed by atoms with van der Waals surface area (Å²) in [7, 11) is -0.459. The Labute approximate surface area is 149 Å². The molecule has 0 unspecified atom stereocenters. The normalized spacial score (nSPS) is 19.1. The van der Waals surface area contributed by atoms with Crippen molar-refractivity contribution in [1.29, 1.82) is 0 Å². The Kier molecular flexibility index (Phi) is 3.94. The SMILES string of the molecule is CC(C)(C)C#Cc1cc(B2OC(C)(C)C(C)(C)O2)cc2c(N)n[nH]c12. The standard InChI is InChI=1S/C19H26BN3O2/c1-17(2,3)9-8-12-10-13(11-14-15(12)22-23-16(14)21)20-24-18(4,5)19(6,7)25-20/h10-11H,1-7H3,(H3,21,22,23). The van der Waals surface area contributed by atoms with Gasteiger partial charge in [-0.15, -0.1) is 0 Å². The second-order valence-corrected chi connectivity index (χ2v) is 8.69. The van der Waals surface area contributed by atoms with Crippen LogP contribution >= 0.6 is 0 Å². The number of benzene rings is 1. The number of hydrogen-bond acceptors (Lipinski definition) is 4. The number of rotatable bonds is 1. The number of H-pyrrole nitrogens is 1. The molecule has 2 heterocycles. The number of aromatic amines is 1. The van der Waals surface area contributed by atoms with Crippen LogP contribution in [0.4, 0.5) is 5.82 Å². The molecule has 1 aliphatic rings. The van der Waals surface area contributed by atoms with Gasteiger partial charge in [0.1, 0.15) is 0 Å². The number of nitrogen functional groups attached to an aromatic ring is 1. The Balaban J connectivity index is 2.11. The van der Waals surface area contributed by atoms with Crippen molar-refractivity contribution < 1.29 is 9.31 Å². The van der Waals surface area contributed by atoms with E-state index in [0.29, 0.717) is 5.82 Å². The van der Waals surface area contributed by atoms with Crippen LogP contribution in [-0.2, 0) is 9.31 Å². The maximum atomic E-state index is 6.17. The minimum atomic E-state index is -0.459. The molecule has 0 aliphatic carbocycles. The number of nitrogens with two attached hydrogens (primary N) is 1. The van der Waals surface area contributed by atoms with Gasteiger partial charge in [0.15, 0.2) is 5.82 Å². The third kappa shape index (κ3) is 3.27. The lowest BCUT2D eigenvalue weighted by Gasteiger charge is -2.32. The summed E-state index contributed by atoms with van der Waals surface area (Å²) in [5, 5.41) is 7.95. The van der Waals surface area contributed by atoms with Gasteiger partial charge in [-0.3, -0.25) is 5.10 Å². The highest BCUT2D eigenvalue weighted by molar-refractivity contribution is 6.62. The molecule has 0 amide bonds. The van der Waals surface area contributed by atoms with Crippen molar-refractivity contribution in [2.45, 2.75) is 59.7 Å². The molecule has 1 fully saturated rings. The predicted molar refractivity (Wildman–Crippen MR) is 103 cm³/mol. The lowest BCUT2D eigenvalue weighted by molar-refractivity contribution is 0.00578. The van der Waals surface area contributed by atoms with Crippen LogP contribution in [0.2, 0.25) is 0 Å². The maximum Gasteiger partial charge on any atom is 0.494 e. The molecule has 1 aromatic heterocycles. The maximum absolute atomic E-state index is 6.17. The topological polar surface area (TPSA) is 73.2 Å². The summed E-state index contributed by atoms with van der Waals surface area (Å²) in [4.78, 5) is 0. The summed E-state index contributed by atoms with van der Waals surface area (Å²) in [5.41, 5.74) is 7.73. The quantitative estimate of drug-likeness (QED) is 0.619. The summed E-state index contributed by atoms with van der Waals surface area (Å²) < 4.78 is 12.3. The monoisotopic (exact) mass is 339 g/mol. The molecule has 6 heteroatoms. The van der Waals surface area contributed by atoms with Gasteiger partial charge >= 0.3 is 7.12 Å². The van der Waals surface area contributed by atoms with Gasteiger partial charge in [-0.1, -0.05) is 11.8 Å². The fourth-order valence-corrected chi connectivity index (χ4v) is 2.63. The minimum Gasteiger partial charge on any atom is -0.399 e. The van der Waals surface area contributed by atoms with E-state index < -0.39 is 18.3 Å². The summed E-state index contributed by atoms with van der Waals surface area (Å²) in [6.45, 7) is 14.4. The molecule has 3 N–H and O–H groups in total. The molecular weight excluding hydrogens is 313 g/mol. The zero-order chi connectivity index (χ0) is 18.6. The van der Waals surface area contributed by atoms with E-state index in [9.17, 15) is 0 Å². The molecular formula is C19H26BN3O2. The Hall–Kier alpha value is -1.97. The van der Waals surface area contributed by atoms with E-state index in [1.165, 1.54) is 0 Å². The van der Waals surface area contributed by atoms with Crippen molar-refractivity contribution in [3.8, 4) is 11.8 Å². The van der Waals surface area contributed by atoms with Crippen LogP contribution in [0.15, 0.2) is 12.1 Å². The summed E-state index contributed by atoms with van der Waals surface area (Å²) in [6.07, 6.45) is 0. The van der Waals surface area contributed by atoms with E-state index in [0.717, 1.165) is 21.9 Å². The minimum absolute atomic E-state index is 0.0990. The first-order valence-corrected chi connectivity index (χ1v) is 8.56. The molecule has 0 spiro atoms. The lowest BCUT2D eigenvalue weighted by atomic mass is 9.77. The molecule has 0 radical (unpaired) electrons. The van der Waals surface area contributed by atoms with E-state index >= 15 is 0 Å². The van der Waals surface area contributed by atoms with E-state index in [1.54, 1.807) is 0 Å². The van der Waals surface area contributed by atoms with Gasteiger partial charge in [0.2, 0.25) is 0 Å². The second-order valence-electron chi connectivity index (χ2n) is 8.69. The van der Waals surface area contributed by atoms with Crippen LogP contribution < -0.4 is 11.2 Å². The largest absolute Gasteiger partial charge is 0.494 e. The van der Waals surface area contributed by atoms with Gasteiger partial charge in [-0.05, 0) is 66.1 Å². The second kappa shape index (κ2) is 5.52. The Morgan fingerprint density at radius 3 is 2.28 bits per heavy atom. The van der Waals surface area contributed by atoms with Crippen molar-refractivity contribution in [1.82, 2.24) is 10.2 Å². The fourth-order valence-electron chi connectivity index (χ4n) is 2.63. The molecule has 0 atom stereocenters. The number of hydrogen-bond donors (Lipinski definition) is 2. The van der Waals surface area contributed by atoms with E-state index in [1.807, 2.05) is 39.8 Å². The molecule has 1 aliphatic heterocycles. The van der Waals surface area contributed by atoms with E-state index in [4.69, 9.17) is 15.0 Å². The van der Waals surface area contributed by atoms with E-state index in [-0.39, 0.29) is 5.41 Å². The van der Waals surface area contributed by atoms with Gasteiger partial charge in [-0.2, -0.15) is 5.10 Å². The predicted octanol–water partition coefficient (Wildman–Crippen LogP) is 2.84. The summed E-state index contributed by atoms with van der Waals surface area (Å²) >= 11 is 0. The molecule has 0 bridgehead atoms. The Morgan fingerprint density at radius 1 is 1.12 bits per heavy atom. The highest BCUT2D eigenvalue weighted by Gasteiger charge is 2.51. The van der Waals surface area contributed by atoms with Gasteiger partial charge in [0.25, 0.3) is 0 Å². The smallest absolute Gasteiger partial charge is 0.399 e. The van der Waals surface area contributed by atoms with Crippen molar-refractivity contribution in [2.24, 2.45) is 5.41 Å². The van der Waals surface area contributed by atoms with Crippen LogP contribution in [0.5, 0.6) is 0 Å². The molecule has 25 heavy (non-hydrogen) atoms. The van der Waals surface area contributed by atoms with E-state index in [2.05, 4.69) is 42.8 Å². The number of fused-ring (bicyclic) bond motifs is 1. The van der Waals surface area contributed by atoms with Crippen molar-refractivity contribution in [2.75, 3.05) is 5.73 Å². The number of anilines is 1. The zero-order valence-electron chi connectivity index (χ0n) is 16.1. The number of nitrogens with zero attached hydrogens (tertiary/aromatic N) is 1. The van der Waals surface area contributed by atoms with Gasteiger partial charge < -0.3 is 15.0 Å². The highest BCUT2D eigenvalue weighted by atomic mass is 16.7. The molecule has 1 saturated heterocycles. The fraction of sp³-hybridized carbons (Fsp3) is 0.526. The molecule has 5 nitrogen and oxygen atoms in total. The average Bonchev–Trinajstić information content (AvgIpc) is 2.93.